The number of imide groups is 2. The molecule has 2 aliphatic heterocycles. The van der Waals surface area contributed by atoms with Crippen molar-refractivity contribution in [3.8, 4) is 0 Å². The molecule has 4 rings (SSSR count). The van der Waals surface area contributed by atoms with Crippen LogP contribution in [0.1, 0.15) is 32.6 Å². The second-order valence-corrected chi connectivity index (χ2v) is 9.73. The molecule has 0 saturated heterocycles. The highest BCUT2D eigenvalue weighted by atomic mass is 16.2. The van der Waals surface area contributed by atoms with E-state index in [0.717, 1.165) is 19.4 Å². The first-order valence-corrected chi connectivity index (χ1v) is 13.4. The first-order valence-electron chi connectivity index (χ1n) is 13.4. The molecule has 0 radical (unpaired) electrons. The number of rotatable bonds is 13. The molecule has 4 aliphatic rings. The van der Waals surface area contributed by atoms with Crippen LogP contribution in [0.15, 0.2) is 58.6 Å². The van der Waals surface area contributed by atoms with Gasteiger partial charge in [-0.3, -0.25) is 24.2 Å². The summed E-state index contributed by atoms with van der Waals surface area (Å²) in [5.74, 6) is -1.55. The zero-order valence-corrected chi connectivity index (χ0v) is 22.1. The van der Waals surface area contributed by atoms with Crippen LogP contribution in [0.4, 0.5) is 9.59 Å². The number of nitrogens with zero attached hydrogens (tertiary/aromatic N) is 5. The Hall–Kier alpha value is -3.99. The van der Waals surface area contributed by atoms with E-state index in [1.165, 1.54) is 16.7 Å². The third-order valence-corrected chi connectivity index (χ3v) is 7.00. The molecule has 2 aliphatic carbocycles. The third-order valence-electron chi connectivity index (χ3n) is 7.00. The van der Waals surface area contributed by atoms with Gasteiger partial charge in [-0.1, -0.05) is 36.5 Å². The lowest BCUT2D eigenvalue weighted by atomic mass is 9.95. The predicted molar refractivity (Wildman–Crippen MR) is 146 cm³/mol. The minimum atomic E-state index is -0.555. The second-order valence-electron chi connectivity index (χ2n) is 9.73. The largest absolute Gasteiger partial charge is 0.350 e. The van der Waals surface area contributed by atoms with E-state index in [0.29, 0.717) is 50.4 Å². The Balaban J connectivity index is 1.09. The number of hydrogen-bond acceptors (Lipinski definition) is 6. The van der Waals surface area contributed by atoms with Crippen molar-refractivity contribution in [1.82, 2.24) is 20.0 Å². The van der Waals surface area contributed by atoms with E-state index in [9.17, 15) is 24.0 Å². The van der Waals surface area contributed by atoms with E-state index in [1.54, 1.807) is 53.5 Å². The molecule has 0 fully saturated rings. The molecule has 11 nitrogen and oxygen atoms in total. The predicted octanol–water partition coefficient (Wildman–Crippen LogP) is 2.28. The molecule has 0 aromatic carbocycles. The van der Waals surface area contributed by atoms with Gasteiger partial charge in [0.2, 0.25) is 17.7 Å². The normalized spacial score (nSPS) is 21.7. The number of aliphatic imine (C=N–C) groups is 2. The van der Waals surface area contributed by atoms with E-state index in [1.807, 2.05) is 0 Å². The zero-order chi connectivity index (χ0) is 27.8. The summed E-state index contributed by atoms with van der Waals surface area (Å²) in [6.07, 6.45) is 16.7. The van der Waals surface area contributed by atoms with Crippen molar-refractivity contribution < 1.29 is 24.0 Å². The summed E-state index contributed by atoms with van der Waals surface area (Å²) in [4.78, 5) is 74.0. The molecule has 2 atom stereocenters. The molecule has 2 unspecified atom stereocenters. The van der Waals surface area contributed by atoms with Gasteiger partial charge in [0, 0.05) is 33.1 Å². The number of amides is 7. The van der Waals surface area contributed by atoms with Crippen molar-refractivity contribution in [3.63, 3.8) is 0 Å². The average molecular weight is 535 g/mol. The van der Waals surface area contributed by atoms with Gasteiger partial charge in [-0.2, -0.15) is 9.98 Å². The molecule has 0 aromatic rings. The van der Waals surface area contributed by atoms with Crippen LogP contribution < -0.4 is 5.32 Å². The molecule has 11 heteroatoms. The monoisotopic (exact) mass is 534 g/mol. The summed E-state index contributed by atoms with van der Waals surface area (Å²) in [6, 6.07) is -1.06. The van der Waals surface area contributed by atoms with Crippen molar-refractivity contribution in [2.75, 3.05) is 39.3 Å². The fourth-order valence-corrected chi connectivity index (χ4v) is 4.86. The highest BCUT2D eigenvalue weighted by Crippen LogP contribution is 2.21. The van der Waals surface area contributed by atoms with Crippen LogP contribution in [-0.4, -0.2) is 95.2 Å². The maximum atomic E-state index is 12.7. The lowest BCUT2D eigenvalue weighted by molar-refractivity contribution is -0.130. The number of carbonyl (C=O) groups excluding carboxylic acids is 5. The van der Waals surface area contributed by atoms with Gasteiger partial charge in [-0.15, -0.1) is 0 Å². The van der Waals surface area contributed by atoms with Crippen LogP contribution in [0.5, 0.6) is 0 Å². The van der Waals surface area contributed by atoms with Gasteiger partial charge < -0.3 is 10.2 Å². The lowest BCUT2D eigenvalue weighted by Gasteiger charge is -2.29. The molecule has 1 N–H and O–H groups in total. The Labute approximate surface area is 227 Å². The third kappa shape index (κ3) is 6.91. The molecular formula is C28H34N6O5. The van der Waals surface area contributed by atoms with Crippen molar-refractivity contribution >= 4 is 41.2 Å². The molecule has 206 valence electrons. The van der Waals surface area contributed by atoms with Gasteiger partial charge in [0.1, 0.15) is 0 Å². The van der Waals surface area contributed by atoms with Crippen molar-refractivity contribution in [2.45, 2.75) is 32.6 Å². The molecule has 39 heavy (non-hydrogen) atoms. The number of carbonyl (C=O) groups is 5. The Morgan fingerprint density at radius 1 is 0.769 bits per heavy atom. The van der Waals surface area contributed by atoms with E-state index in [2.05, 4.69) is 15.3 Å². The van der Waals surface area contributed by atoms with Crippen LogP contribution in [-0.2, 0) is 14.4 Å². The first-order chi connectivity index (χ1) is 18.9. The van der Waals surface area contributed by atoms with E-state index < -0.39 is 23.9 Å². The topological polar surface area (TPSA) is 132 Å². The number of urea groups is 2. The summed E-state index contributed by atoms with van der Waals surface area (Å²) in [6.45, 7) is 4.47. The summed E-state index contributed by atoms with van der Waals surface area (Å²) in [5, 5.41) is 3.31. The lowest BCUT2D eigenvalue weighted by Crippen LogP contribution is -2.47. The first kappa shape index (κ1) is 28.0. The zero-order valence-electron chi connectivity index (χ0n) is 22.1. The minimum absolute atomic E-state index is 0.0510. The Morgan fingerprint density at radius 2 is 1.28 bits per heavy atom. The van der Waals surface area contributed by atoms with E-state index in [-0.39, 0.29) is 24.3 Å². The summed E-state index contributed by atoms with van der Waals surface area (Å²) in [5.41, 5.74) is 0.968. The highest BCUT2D eigenvalue weighted by molar-refractivity contribution is 6.22. The van der Waals surface area contributed by atoms with E-state index in [4.69, 9.17) is 0 Å². The Kier molecular flexibility index (Phi) is 9.48. The number of allylic oxidation sites excluding steroid dienone is 6. The molecule has 0 aromatic heterocycles. The van der Waals surface area contributed by atoms with Gasteiger partial charge in [0.05, 0.1) is 23.3 Å². The van der Waals surface area contributed by atoms with Crippen molar-refractivity contribution in [2.24, 2.45) is 21.8 Å². The molecule has 0 bridgehead atoms. The molecular weight excluding hydrogens is 500 g/mol. The van der Waals surface area contributed by atoms with Crippen molar-refractivity contribution in [3.05, 3.63) is 48.6 Å². The SMILES string of the molecule is CC(=O)N(CCCCNCCCN1C(=O)N=C2C=CC=CC2C1=O)CCCN1C(=O)N=C2C=CC=CC2C1=O. The molecule has 0 spiro atoms. The van der Waals surface area contributed by atoms with Crippen LogP contribution >= 0.6 is 0 Å². The van der Waals surface area contributed by atoms with Gasteiger partial charge in [0.25, 0.3) is 0 Å². The smallest absolute Gasteiger partial charge is 0.343 e. The summed E-state index contributed by atoms with van der Waals surface area (Å²) >= 11 is 0. The molecule has 2 heterocycles. The van der Waals surface area contributed by atoms with Crippen LogP contribution in [0.25, 0.3) is 0 Å². The Bertz CT molecular complexity index is 1200. The maximum absolute atomic E-state index is 12.7. The molecule has 7 amide bonds. The van der Waals surface area contributed by atoms with Crippen LogP contribution in [0.3, 0.4) is 0 Å². The minimum Gasteiger partial charge on any atom is -0.343 e. The average Bonchev–Trinajstić information content (AvgIpc) is 2.92. The summed E-state index contributed by atoms with van der Waals surface area (Å²) < 4.78 is 0. The number of hydrogen-bond donors (Lipinski definition) is 1. The summed E-state index contributed by atoms with van der Waals surface area (Å²) in [7, 11) is 0. The van der Waals surface area contributed by atoms with Crippen molar-refractivity contribution in [1.29, 1.82) is 0 Å². The van der Waals surface area contributed by atoms with Gasteiger partial charge >= 0.3 is 12.1 Å². The van der Waals surface area contributed by atoms with Gasteiger partial charge in [-0.05, 0) is 50.9 Å². The fraction of sp³-hybridized carbons (Fsp3) is 0.464. The maximum Gasteiger partial charge on any atom is 0.350 e. The fourth-order valence-electron chi connectivity index (χ4n) is 4.86. The second kappa shape index (κ2) is 13.2. The standard InChI is InChI=1S/C28H34N6O5/c1-20(35)32(17-9-19-34-26(37)22-11-3-5-13-24(22)31-28(34)39)16-7-6-14-29-15-8-18-33-25(36)21-10-2-4-12-23(21)30-27(33)38/h2-5,10-13,21-22,29H,6-9,14-19H2,1H3. The van der Waals surface area contributed by atoms with Crippen LogP contribution in [0.2, 0.25) is 0 Å². The number of fused-ring (bicyclic) bond motifs is 2. The highest BCUT2D eigenvalue weighted by Gasteiger charge is 2.36. The van der Waals surface area contributed by atoms with Gasteiger partial charge in [-0.25, -0.2) is 9.59 Å². The Morgan fingerprint density at radius 3 is 1.85 bits per heavy atom. The number of unbranched alkanes of at least 4 members (excludes halogenated alkanes) is 1. The van der Waals surface area contributed by atoms with E-state index >= 15 is 0 Å². The van der Waals surface area contributed by atoms with Gasteiger partial charge in [0.15, 0.2) is 0 Å². The quantitative estimate of drug-likeness (QED) is 0.361. The molecule has 0 saturated carbocycles. The van der Waals surface area contributed by atoms with Crippen LogP contribution in [0, 0.1) is 11.8 Å². The number of nitrogens with one attached hydrogen (secondary N) is 1.